The summed E-state index contributed by atoms with van der Waals surface area (Å²) in [5, 5.41) is 1.68. The van der Waals surface area contributed by atoms with Crippen molar-refractivity contribution >= 4 is 38.4 Å². The topological polar surface area (TPSA) is 34.6 Å². The number of allylic oxidation sites excluding steroid dienone is 6. The Morgan fingerprint density at radius 1 is 1.15 bits per heavy atom. The van der Waals surface area contributed by atoms with Crippen molar-refractivity contribution in [2.75, 3.05) is 27.4 Å². The van der Waals surface area contributed by atoms with Crippen LogP contribution in [0.25, 0.3) is 10.9 Å². The average Bonchev–Trinajstić information content (AvgIpc) is 2.96. The lowest BCUT2D eigenvalue weighted by Gasteiger charge is -2.48. The van der Waals surface area contributed by atoms with Crippen LogP contribution < -0.4 is 4.74 Å². The zero-order valence-corrected chi connectivity index (χ0v) is 25.9. The lowest BCUT2D eigenvalue weighted by atomic mass is 9.68. The third kappa shape index (κ3) is 6.03. The van der Waals surface area contributed by atoms with Gasteiger partial charge in [-0.2, -0.15) is 0 Å². The lowest BCUT2D eigenvalue weighted by Crippen LogP contribution is -2.51. The van der Waals surface area contributed by atoms with Crippen LogP contribution in [0.15, 0.2) is 113 Å². The van der Waals surface area contributed by atoms with E-state index in [1.54, 1.807) is 7.11 Å². The summed E-state index contributed by atoms with van der Waals surface area (Å²) in [5.41, 5.74) is 5.26. The Morgan fingerprint density at radius 3 is 2.48 bits per heavy atom. The predicted octanol–water partition coefficient (Wildman–Crippen LogP) is 9.03. The standard InChI is InChI=1S/C34H36BrClN2O2/c1-7-10-28(23(4)9-3)30(11-8-2)34(18-19-38(5)22-40-34)32(24-12-15-27(36)16-13-24)29-21-25-20-26(35)14-17-31(25)37-33(29)39-6/h7-17,20-21,32H,1-2,18-19,22H2,3-6H3/b23-9-,28-10+,30-11+. The lowest BCUT2D eigenvalue weighted by molar-refractivity contribution is -0.116. The highest BCUT2D eigenvalue weighted by atomic mass is 79.9. The number of rotatable bonds is 9. The molecule has 2 atom stereocenters. The van der Waals surface area contributed by atoms with Gasteiger partial charge in [-0.1, -0.05) is 83.2 Å². The van der Waals surface area contributed by atoms with E-state index in [1.165, 1.54) is 0 Å². The molecular formula is C34H36BrClN2O2. The summed E-state index contributed by atoms with van der Waals surface area (Å²) in [4.78, 5) is 7.15. The summed E-state index contributed by atoms with van der Waals surface area (Å²) in [6.07, 6.45) is 10.6. The first kappa shape index (κ1) is 30.0. The summed E-state index contributed by atoms with van der Waals surface area (Å²) in [6, 6.07) is 16.3. The van der Waals surface area contributed by atoms with Gasteiger partial charge in [0.05, 0.1) is 12.6 Å². The Bertz CT molecular complexity index is 1480. The third-order valence-corrected chi connectivity index (χ3v) is 8.27. The smallest absolute Gasteiger partial charge is 0.217 e. The minimum absolute atomic E-state index is 0.284. The number of benzene rings is 2. The zero-order valence-electron chi connectivity index (χ0n) is 23.6. The molecule has 4 rings (SSSR count). The van der Waals surface area contributed by atoms with Crippen molar-refractivity contribution in [1.29, 1.82) is 0 Å². The quantitative estimate of drug-likeness (QED) is 0.224. The third-order valence-electron chi connectivity index (χ3n) is 7.52. The van der Waals surface area contributed by atoms with Gasteiger partial charge in [0.25, 0.3) is 0 Å². The Balaban J connectivity index is 2.13. The number of pyridine rings is 1. The second-order valence-corrected chi connectivity index (χ2v) is 11.4. The number of methoxy groups -OCH3 is 1. The van der Waals surface area contributed by atoms with E-state index in [9.17, 15) is 0 Å². The van der Waals surface area contributed by atoms with Gasteiger partial charge in [-0.3, -0.25) is 4.90 Å². The van der Waals surface area contributed by atoms with Gasteiger partial charge in [-0.15, -0.1) is 0 Å². The highest BCUT2D eigenvalue weighted by Crippen LogP contribution is 2.51. The van der Waals surface area contributed by atoms with E-state index < -0.39 is 5.60 Å². The number of aromatic nitrogens is 1. The first-order valence-electron chi connectivity index (χ1n) is 13.3. The summed E-state index contributed by atoms with van der Waals surface area (Å²) >= 11 is 10.0. The number of hydrogen-bond acceptors (Lipinski definition) is 4. The van der Waals surface area contributed by atoms with E-state index in [-0.39, 0.29) is 5.92 Å². The van der Waals surface area contributed by atoms with Crippen LogP contribution in [0.4, 0.5) is 0 Å². The van der Waals surface area contributed by atoms with Crippen molar-refractivity contribution in [2.45, 2.75) is 31.8 Å². The Labute approximate surface area is 251 Å². The fourth-order valence-corrected chi connectivity index (χ4v) is 5.97. The minimum Gasteiger partial charge on any atom is -0.481 e. The summed E-state index contributed by atoms with van der Waals surface area (Å²) in [5.74, 6) is 0.278. The predicted molar refractivity (Wildman–Crippen MR) is 171 cm³/mol. The molecule has 1 aliphatic rings. The summed E-state index contributed by atoms with van der Waals surface area (Å²) in [7, 11) is 3.75. The Kier molecular flexibility index (Phi) is 9.85. The van der Waals surface area contributed by atoms with Crippen LogP contribution in [0.2, 0.25) is 5.02 Å². The van der Waals surface area contributed by atoms with E-state index >= 15 is 0 Å². The second-order valence-electron chi connectivity index (χ2n) is 10.0. The van der Waals surface area contributed by atoms with Crippen LogP contribution in [-0.4, -0.2) is 42.9 Å². The molecule has 0 spiro atoms. The van der Waals surface area contributed by atoms with Crippen molar-refractivity contribution in [2.24, 2.45) is 0 Å². The van der Waals surface area contributed by atoms with Gasteiger partial charge < -0.3 is 9.47 Å². The van der Waals surface area contributed by atoms with E-state index in [4.69, 9.17) is 26.1 Å². The number of hydrogen-bond donors (Lipinski definition) is 0. The SMILES string of the molecule is C=C/C=C(C(\C)=C/C)/C(=C\C=C)C1(C(c2ccc(Cl)cc2)c2cc3cc(Br)ccc3nc2OC)CCN(C)CO1. The van der Waals surface area contributed by atoms with Crippen molar-refractivity contribution < 1.29 is 9.47 Å². The van der Waals surface area contributed by atoms with Gasteiger partial charge in [0, 0.05) is 32.9 Å². The van der Waals surface area contributed by atoms with Crippen molar-refractivity contribution in [3.63, 3.8) is 0 Å². The van der Waals surface area contributed by atoms with Crippen LogP contribution in [-0.2, 0) is 4.74 Å². The van der Waals surface area contributed by atoms with Gasteiger partial charge in [0.15, 0.2) is 0 Å². The van der Waals surface area contributed by atoms with Crippen LogP contribution in [0.3, 0.4) is 0 Å². The second kappa shape index (κ2) is 13.1. The van der Waals surface area contributed by atoms with Gasteiger partial charge in [-0.05, 0) is 86.0 Å². The maximum absolute atomic E-state index is 7.03. The molecule has 1 fully saturated rings. The van der Waals surface area contributed by atoms with Crippen molar-refractivity contribution in [3.8, 4) is 5.88 Å². The van der Waals surface area contributed by atoms with E-state index in [0.29, 0.717) is 17.6 Å². The maximum atomic E-state index is 7.03. The molecule has 208 valence electrons. The van der Waals surface area contributed by atoms with Gasteiger partial charge >= 0.3 is 0 Å². The molecule has 2 aromatic carbocycles. The fraction of sp³-hybridized carbons (Fsp3) is 0.265. The van der Waals surface area contributed by atoms with Gasteiger partial charge in [0.2, 0.25) is 5.88 Å². The summed E-state index contributed by atoms with van der Waals surface area (Å²) in [6.45, 7) is 13.6. The Morgan fingerprint density at radius 2 is 1.88 bits per heavy atom. The monoisotopic (exact) mass is 618 g/mol. The molecular weight excluding hydrogens is 584 g/mol. The molecule has 1 aliphatic heterocycles. The minimum atomic E-state index is -0.789. The van der Waals surface area contributed by atoms with E-state index in [1.807, 2.05) is 43.3 Å². The molecule has 40 heavy (non-hydrogen) atoms. The van der Waals surface area contributed by atoms with Gasteiger partial charge in [0.1, 0.15) is 12.3 Å². The van der Waals surface area contributed by atoms with E-state index in [0.717, 1.165) is 56.2 Å². The number of nitrogens with zero attached hydrogens (tertiary/aromatic N) is 2. The molecule has 1 aromatic heterocycles. The first-order chi connectivity index (χ1) is 19.3. The molecule has 3 aromatic rings. The molecule has 0 amide bonds. The number of ether oxygens (including phenoxy) is 2. The fourth-order valence-electron chi connectivity index (χ4n) is 5.47. The van der Waals surface area contributed by atoms with Gasteiger partial charge in [-0.25, -0.2) is 4.98 Å². The maximum Gasteiger partial charge on any atom is 0.217 e. The largest absolute Gasteiger partial charge is 0.481 e. The average molecular weight is 620 g/mol. The first-order valence-corrected chi connectivity index (χ1v) is 14.5. The molecule has 0 radical (unpaired) electrons. The van der Waals surface area contributed by atoms with Crippen LogP contribution in [0.5, 0.6) is 5.88 Å². The summed E-state index contributed by atoms with van der Waals surface area (Å²) < 4.78 is 14.0. The van der Waals surface area contributed by atoms with Crippen molar-refractivity contribution in [1.82, 2.24) is 9.88 Å². The van der Waals surface area contributed by atoms with Crippen LogP contribution in [0, 0.1) is 0 Å². The molecule has 4 nitrogen and oxygen atoms in total. The van der Waals surface area contributed by atoms with E-state index in [2.05, 4.69) is 90.5 Å². The molecule has 0 aliphatic carbocycles. The molecule has 1 saturated heterocycles. The molecule has 6 heteroatoms. The number of halogens is 2. The molecule has 0 bridgehead atoms. The molecule has 0 saturated carbocycles. The zero-order chi connectivity index (χ0) is 28.9. The highest BCUT2D eigenvalue weighted by Gasteiger charge is 2.49. The molecule has 0 N–H and O–H groups in total. The highest BCUT2D eigenvalue weighted by molar-refractivity contribution is 9.10. The van der Waals surface area contributed by atoms with Crippen LogP contribution >= 0.6 is 27.5 Å². The van der Waals surface area contributed by atoms with Crippen LogP contribution in [0.1, 0.15) is 37.3 Å². The normalized spacial score (nSPS) is 19.9. The Hall–Kier alpha value is -2.96. The molecule has 2 unspecified atom stereocenters. The van der Waals surface area contributed by atoms with Crippen molar-refractivity contribution in [3.05, 3.63) is 129 Å². The molecule has 2 heterocycles. The number of fused-ring (bicyclic) bond motifs is 1.